The smallest absolute Gasteiger partial charge is 0.154 e. The minimum absolute atomic E-state index is 0.0386. The summed E-state index contributed by atoms with van der Waals surface area (Å²) in [5.74, 6) is 0.837. The summed E-state index contributed by atoms with van der Waals surface area (Å²) >= 11 is 0. The van der Waals surface area contributed by atoms with E-state index in [2.05, 4.69) is 0 Å². The van der Waals surface area contributed by atoms with E-state index in [1.807, 2.05) is 0 Å². The van der Waals surface area contributed by atoms with Crippen molar-refractivity contribution in [2.24, 2.45) is 5.73 Å². The second-order valence-corrected chi connectivity index (χ2v) is 6.39. The van der Waals surface area contributed by atoms with Crippen LogP contribution in [-0.4, -0.2) is 27.3 Å². The fourth-order valence-corrected chi connectivity index (χ4v) is 3.02. The molecule has 0 spiro atoms. The van der Waals surface area contributed by atoms with Gasteiger partial charge < -0.3 is 10.5 Å². The van der Waals surface area contributed by atoms with E-state index in [0.29, 0.717) is 12.2 Å². The maximum atomic E-state index is 11.8. The van der Waals surface area contributed by atoms with Crippen LogP contribution in [0.15, 0.2) is 24.3 Å². The van der Waals surface area contributed by atoms with Crippen molar-refractivity contribution >= 4 is 9.84 Å². The molecule has 0 aromatic heterocycles. The number of hydrogen-bond donors (Lipinski definition) is 1. The van der Waals surface area contributed by atoms with E-state index in [0.717, 1.165) is 5.56 Å². The maximum absolute atomic E-state index is 11.8. The van der Waals surface area contributed by atoms with E-state index in [1.165, 1.54) is 0 Å². The third-order valence-corrected chi connectivity index (χ3v) is 4.04. The Hall–Kier alpha value is -1.07. The minimum atomic E-state index is -3.09. The summed E-state index contributed by atoms with van der Waals surface area (Å²) in [4.78, 5) is 0. The molecule has 0 aliphatic carbocycles. The van der Waals surface area contributed by atoms with Gasteiger partial charge in [0.15, 0.2) is 9.84 Å². The van der Waals surface area contributed by atoms with Gasteiger partial charge in [0.05, 0.1) is 18.6 Å². The number of benzene rings is 1. The molecule has 0 aliphatic heterocycles. The lowest BCUT2D eigenvalue weighted by atomic mass is 10.2. The largest absolute Gasteiger partial charge is 0.497 e. The van der Waals surface area contributed by atoms with E-state index in [-0.39, 0.29) is 17.5 Å². The van der Waals surface area contributed by atoms with Gasteiger partial charge in [-0.05, 0) is 31.0 Å². The lowest BCUT2D eigenvalue weighted by molar-refractivity contribution is 0.414. The van der Waals surface area contributed by atoms with Crippen LogP contribution in [0.5, 0.6) is 5.75 Å². The molecule has 1 rings (SSSR count). The molecule has 96 valence electrons. The Morgan fingerprint density at radius 2 is 2.12 bits per heavy atom. The molecule has 1 unspecified atom stereocenters. The van der Waals surface area contributed by atoms with Crippen LogP contribution < -0.4 is 10.5 Å². The third kappa shape index (κ3) is 5.19. The van der Waals surface area contributed by atoms with E-state index in [4.69, 9.17) is 10.5 Å². The molecule has 0 radical (unpaired) electrons. The predicted octanol–water partition coefficient (Wildman–Crippen LogP) is 1.35. The molecule has 1 aromatic rings. The van der Waals surface area contributed by atoms with Crippen molar-refractivity contribution in [3.05, 3.63) is 29.8 Å². The first kappa shape index (κ1) is 14.0. The molecule has 5 heteroatoms. The van der Waals surface area contributed by atoms with Crippen LogP contribution in [0.2, 0.25) is 0 Å². The zero-order valence-corrected chi connectivity index (χ0v) is 11.0. The van der Waals surface area contributed by atoms with Gasteiger partial charge in [-0.1, -0.05) is 12.1 Å². The average Bonchev–Trinajstić information content (AvgIpc) is 2.26. The first-order chi connectivity index (χ1) is 7.93. The molecule has 0 saturated carbocycles. The highest BCUT2D eigenvalue weighted by molar-refractivity contribution is 7.90. The van der Waals surface area contributed by atoms with Crippen LogP contribution in [0.4, 0.5) is 0 Å². The van der Waals surface area contributed by atoms with Gasteiger partial charge >= 0.3 is 0 Å². The molecule has 0 saturated heterocycles. The molecular weight excluding hydrogens is 238 g/mol. The Labute approximate surface area is 103 Å². The van der Waals surface area contributed by atoms with E-state index in [9.17, 15) is 8.42 Å². The standard InChI is InChI=1S/C12H19NO3S/c1-10(13)6-7-17(14,15)9-11-4-3-5-12(8-11)16-2/h3-5,8,10H,6-7,9,13H2,1-2H3. The number of ether oxygens (including phenoxy) is 1. The van der Waals surface area contributed by atoms with Crippen molar-refractivity contribution in [2.75, 3.05) is 12.9 Å². The van der Waals surface area contributed by atoms with Crippen LogP contribution in [-0.2, 0) is 15.6 Å². The highest BCUT2D eigenvalue weighted by Crippen LogP contribution is 2.15. The monoisotopic (exact) mass is 257 g/mol. The molecule has 1 atom stereocenters. The molecule has 4 nitrogen and oxygen atoms in total. The molecule has 0 fully saturated rings. The van der Waals surface area contributed by atoms with E-state index < -0.39 is 9.84 Å². The van der Waals surface area contributed by atoms with Crippen molar-refractivity contribution in [1.82, 2.24) is 0 Å². The Balaban J connectivity index is 2.69. The van der Waals surface area contributed by atoms with Gasteiger partial charge in [0, 0.05) is 6.04 Å². The van der Waals surface area contributed by atoms with Crippen LogP contribution in [0.1, 0.15) is 18.9 Å². The molecule has 0 amide bonds. The van der Waals surface area contributed by atoms with Crippen LogP contribution in [0.25, 0.3) is 0 Å². The van der Waals surface area contributed by atoms with Crippen LogP contribution in [0, 0.1) is 0 Å². The van der Waals surface area contributed by atoms with Crippen molar-refractivity contribution in [3.8, 4) is 5.75 Å². The van der Waals surface area contributed by atoms with Crippen molar-refractivity contribution in [2.45, 2.75) is 25.1 Å². The normalized spacial score (nSPS) is 13.4. The fourth-order valence-electron chi connectivity index (χ4n) is 1.45. The molecule has 0 aliphatic rings. The Morgan fingerprint density at radius 1 is 1.41 bits per heavy atom. The van der Waals surface area contributed by atoms with E-state index in [1.54, 1.807) is 38.3 Å². The quantitative estimate of drug-likeness (QED) is 0.835. The summed E-state index contributed by atoms with van der Waals surface area (Å²) in [7, 11) is -1.53. The zero-order valence-electron chi connectivity index (χ0n) is 10.2. The first-order valence-corrected chi connectivity index (χ1v) is 7.34. The lowest BCUT2D eigenvalue weighted by Gasteiger charge is -2.07. The summed E-state index contributed by atoms with van der Waals surface area (Å²) in [5.41, 5.74) is 6.30. The summed E-state index contributed by atoms with van der Waals surface area (Å²) < 4.78 is 28.7. The van der Waals surface area contributed by atoms with Crippen LogP contribution >= 0.6 is 0 Å². The average molecular weight is 257 g/mol. The summed E-state index contributed by atoms with van der Waals surface area (Å²) in [6.45, 7) is 1.81. The maximum Gasteiger partial charge on any atom is 0.154 e. The Kier molecular flexibility index (Phi) is 4.96. The molecule has 2 N–H and O–H groups in total. The van der Waals surface area contributed by atoms with Gasteiger partial charge in [-0.2, -0.15) is 0 Å². The van der Waals surface area contributed by atoms with Gasteiger partial charge in [0.2, 0.25) is 0 Å². The summed E-state index contributed by atoms with van der Waals surface area (Å²) in [5, 5.41) is 0. The van der Waals surface area contributed by atoms with Crippen LogP contribution in [0.3, 0.4) is 0 Å². The number of sulfone groups is 1. The molecular formula is C12H19NO3S. The molecule has 17 heavy (non-hydrogen) atoms. The van der Waals surface area contributed by atoms with Crippen molar-refractivity contribution in [1.29, 1.82) is 0 Å². The van der Waals surface area contributed by atoms with Gasteiger partial charge in [-0.15, -0.1) is 0 Å². The molecule has 1 aromatic carbocycles. The van der Waals surface area contributed by atoms with Gasteiger partial charge in [0.1, 0.15) is 5.75 Å². The third-order valence-electron chi connectivity index (χ3n) is 2.40. The number of rotatable bonds is 6. The number of hydrogen-bond acceptors (Lipinski definition) is 4. The number of methoxy groups -OCH3 is 1. The minimum Gasteiger partial charge on any atom is -0.497 e. The zero-order chi connectivity index (χ0) is 12.9. The predicted molar refractivity (Wildman–Crippen MR) is 68.8 cm³/mol. The Morgan fingerprint density at radius 3 is 2.71 bits per heavy atom. The van der Waals surface area contributed by atoms with Gasteiger partial charge in [-0.3, -0.25) is 0 Å². The molecule has 0 heterocycles. The highest BCUT2D eigenvalue weighted by atomic mass is 32.2. The van der Waals surface area contributed by atoms with Crippen molar-refractivity contribution in [3.63, 3.8) is 0 Å². The highest BCUT2D eigenvalue weighted by Gasteiger charge is 2.13. The lowest BCUT2D eigenvalue weighted by Crippen LogP contribution is -2.20. The van der Waals surface area contributed by atoms with E-state index >= 15 is 0 Å². The second kappa shape index (κ2) is 6.02. The van der Waals surface area contributed by atoms with Gasteiger partial charge in [0.25, 0.3) is 0 Å². The van der Waals surface area contributed by atoms with Crippen molar-refractivity contribution < 1.29 is 13.2 Å². The topological polar surface area (TPSA) is 69.4 Å². The molecule has 0 bridgehead atoms. The fraction of sp³-hybridized carbons (Fsp3) is 0.500. The SMILES string of the molecule is COc1cccc(CS(=O)(=O)CCC(C)N)c1. The van der Waals surface area contributed by atoms with Gasteiger partial charge in [-0.25, -0.2) is 8.42 Å². The Bertz CT molecular complexity index is 455. The first-order valence-electron chi connectivity index (χ1n) is 5.52. The number of nitrogens with two attached hydrogens (primary N) is 1. The summed E-state index contributed by atoms with van der Waals surface area (Å²) in [6.07, 6.45) is 0.492. The summed E-state index contributed by atoms with van der Waals surface area (Å²) in [6, 6.07) is 7.01. The second-order valence-electron chi connectivity index (χ2n) is 4.21.